The van der Waals surface area contributed by atoms with Gasteiger partial charge in [-0.1, -0.05) is 280 Å². The van der Waals surface area contributed by atoms with Gasteiger partial charge in [-0.05, 0) is 157 Å². The Morgan fingerprint density at radius 3 is 1.06 bits per heavy atom. The molecule has 1 aliphatic heterocycles. The van der Waals surface area contributed by atoms with Crippen molar-refractivity contribution in [3.8, 4) is 0 Å². The molecule has 9 heterocycles. The molecule has 106 heavy (non-hydrogen) atoms. The second-order valence-electron chi connectivity index (χ2n) is 33.8. The molecule has 8 aromatic rings. The van der Waals surface area contributed by atoms with Gasteiger partial charge in [-0.15, -0.1) is 22.7 Å². The minimum atomic E-state index is 0. The summed E-state index contributed by atoms with van der Waals surface area (Å²) in [7, 11) is 0. The molecule has 0 saturated carbocycles. The molecule has 0 spiro atoms. The summed E-state index contributed by atoms with van der Waals surface area (Å²) in [6.07, 6.45) is 5.07. The highest BCUT2D eigenvalue weighted by molar-refractivity contribution is 7.12. The fourth-order valence-electron chi connectivity index (χ4n) is 9.93. The number of aryl methyl sites for hydroxylation is 3. The van der Waals surface area contributed by atoms with Crippen LogP contribution in [-0.4, -0.2) is 40.8 Å². The van der Waals surface area contributed by atoms with Gasteiger partial charge in [0.2, 0.25) is 5.89 Å². The Morgan fingerprint density at radius 1 is 0.358 bits per heavy atom. The summed E-state index contributed by atoms with van der Waals surface area (Å²) in [4.78, 5) is 34.7. The van der Waals surface area contributed by atoms with Crippen LogP contribution in [0.4, 0.5) is 0 Å². The summed E-state index contributed by atoms with van der Waals surface area (Å²) in [6, 6.07) is 21.5. The molecule has 596 valence electrons. The zero-order valence-electron chi connectivity index (χ0n) is 73.7. The standard InChI is InChI=1S/C13H21N.C12H19N.C11H17N.C10H17N.C10H16O.C10H16S.C9H15NO.C9H15NS.C8H14N2O.CH4/c1-8(2)12-10(5)7-11(6)13(14-12)9(3)4;1-8(2)11-6-10(5)7-12(13-11)9(3)4;1-8(2)10-6-5-7-11(12-10)9(3)4;3*1-7(2)9-5-6-10(11-9)8(3)4;2*1-6(2)8-5-11-9(10-8)7(3)4;1-5(2)7-9-8(6(3)4)11-10-7;/h7-9H,1-6H3;6-9H,1-5H3;5-9H,1-4H3;5,7-8H,6H2,1-4H3;2*5-8H,1-4H3;2*5-7H,1-4H3;5-6H,1-4H3;1H4. The van der Waals surface area contributed by atoms with E-state index in [9.17, 15) is 0 Å². The molecule has 9 rings (SSSR count). The lowest BCUT2D eigenvalue weighted by Gasteiger charge is -2.15. The number of hydrogen-bond acceptors (Lipinski definition) is 13. The predicted molar refractivity (Wildman–Crippen MR) is 465 cm³/mol. The van der Waals surface area contributed by atoms with Crippen molar-refractivity contribution in [2.75, 3.05) is 0 Å². The number of thiophene rings is 1. The van der Waals surface area contributed by atoms with Gasteiger partial charge in [0.25, 0.3) is 0 Å². The molecular formula is C93H154N8O3S2. The molecule has 0 atom stereocenters. The van der Waals surface area contributed by atoms with Gasteiger partial charge in [-0.25, -0.2) is 9.97 Å². The summed E-state index contributed by atoms with van der Waals surface area (Å²) in [5, 5.41) is 7.28. The lowest BCUT2D eigenvalue weighted by Crippen LogP contribution is -2.04. The molecule has 0 N–H and O–H groups in total. The summed E-state index contributed by atoms with van der Waals surface area (Å²) < 4.78 is 15.9. The van der Waals surface area contributed by atoms with Gasteiger partial charge in [-0.2, -0.15) is 4.98 Å². The van der Waals surface area contributed by atoms with Crippen molar-refractivity contribution in [3.63, 3.8) is 0 Å². The minimum absolute atomic E-state index is 0. The van der Waals surface area contributed by atoms with E-state index in [1.165, 1.54) is 82.7 Å². The van der Waals surface area contributed by atoms with Crippen LogP contribution in [0.1, 0.15) is 464 Å². The fourth-order valence-corrected chi connectivity index (χ4v) is 11.9. The maximum absolute atomic E-state index is 5.61. The van der Waals surface area contributed by atoms with Crippen molar-refractivity contribution in [1.29, 1.82) is 0 Å². The van der Waals surface area contributed by atoms with Crippen LogP contribution in [0, 0.1) is 32.6 Å². The van der Waals surface area contributed by atoms with Crippen LogP contribution in [0.3, 0.4) is 0 Å². The van der Waals surface area contributed by atoms with Gasteiger partial charge in [0, 0.05) is 103 Å². The number of allylic oxidation sites excluding steroid dienone is 2. The normalized spacial score (nSPS) is 11.9. The van der Waals surface area contributed by atoms with E-state index in [1.807, 2.05) is 25.2 Å². The second-order valence-corrected chi connectivity index (χ2v) is 35.8. The molecule has 0 saturated heterocycles. The van der Waals surface area contributed by atoms with Crippen LogP contribution < -0.4 is 0 Å². The largest absolute Gasteiger partial charge is 0.466 e. The molecular weight excluding hydrogens is 1340 g/mol. The van der Waals surface area contributed by atoms with Crippen LogP contribution >= 0.6 is 22.7 Å². The van der Waals surface area contributed by atoms with E-state index in [0.717, 1.165) is 41.2 Å². The zero-order valence-corrected chi connectivity index (χ0v) is 75.4. The summed E-state index contributed by atoms with van der Waals surface area (Å²) in [5.41, 5.74) is 16.2. The topological polar surface area (TPSA) is 142 Å². The average molecular weight is 1500 g/mol. The third-order valence-corrected chi connectivity index (χ3v) is 19.9. The highest BCUT2D eigenvalue weighted by atomic mass is 32.1. The molecule has 0 amide bonds. The van der Waals surface area contributed by atoms with Crippen molar-refractivity contribution < 1.29 is 13.4 Å². The van der Waals surface area contributed by atoms with Gasteiger partial charge in [-0.3, -0.25) is 19.9 Å². The molecule has 0 aromatic carbocycles. The first-order valence-corrected chi connectivity index (χ1v) is 41.5. The van der Waals surface area contributed by atoms with Crippen LogP contribution in [0.5, 0.6) is 0 Å². The van der Waals surface area contributed by atoms with Gasteiger partial charge < -0.3 is 13.4 Å². The summed E-state index contributed by atoms with van der Waals surface area (Å²) in [5.74, 6) is 14.0. The van der Waals surface area contributed by atoms with Gasteiger partial charge in [0.1, 0.15) is 17.8 Å². The number of oxazole rings is 1. The van der Waals surface area contributed by atoms with E-state index in [1.54, 1.807) is 17.6 Å². The maximum Gasteiger partial charge on any atom is 0.229 e. The van der Waals surface area contributed by atoms with E-state index in [4.69, 9.17) is 18.3 Å². The molecule has 11 nitrogen and oxygen atoms in total. The first-order chi connectivity index (χ1) is 48.7. The number of nitrogens with zero attached hydrogens (tertiary/aromatic N) is 8. The van der Waals surface area contributed by atoms with Crippen LogP contribution in [0.25, 0.3) is 0 Å². The number of rotatable bonds is 18. The lowest BCUT2D eigenvalue weighted by molar-refractivity contribution is 0.359. The molecule has 0 radical (unpaired) electrons. The monoisotopic (exact) mass is 1500 g/mol. The fraction of sp³-hybridized carbons (Fsp3) is 0.634. The zero-order chi connectivity index (χ0) is 80.6. The van der Waals surface area contributed by atoms with Crippen molar-refractivity contribution in [1.82, 2.24) is 35.1 Å². The van der Waals surface area contributed by atoms with Crippen molar-refractivity contribution in [2.45, 2.75) is 379 Å². The second kappa shape index (κ2) is 49.8. The highest BCUT2D eigenvalue weighted by Gasteiger charge is 2.17. The number of hydrogen-bond donors (Lipinski definition) is 0. The van der Waals surface area contributed by atoms with Crippen LogP contribution in [0.15, 0.2) is 102 Å². The number of pyridine rings is 3. The van der Waals surface area contributed by atoms with Crippen LogP contribution in [0.2, 0.25) is 0 Å². The average Bonchev–Trinajstić information content (AvgIpc) is 1.36. The van der Waals surface area contributed by atoms with E-state index in [2.05, 4.69) is 363 Å². The Morgan fingerprint density at radius 2 is 0.792 bits per heavy atom. The van der Waals surface area contributed by atoms with Gasteiger partial charge in [0.05, 0.1) is 16.4 Å². The highest BCUT2D eigenvalue weighted by Crippen LogP contribution is 2.31. The number of furan rings is 1. The molecule has 0 bridgehead atoms. The molecule has 0 fully saturated rings. The Bertz CT molecular complexity index is 3230. The summed E-state index contributed by atoms with van der Waals surface area (Å²) >= 11 is 3.72. The molecule has 0 unspecified atom stereocenters. The van der Waals surface area contributed by atoms with Crippen molar-refractivity contribution in [2.24, 2.45) is 16.8 Å². The molecule has 1 aliphatic rings. The van der Waals surface area contributed by atoms with E-state index >= 15 is 0 Å². The third kappa shape index (κ3) is 36.8. The van der Waals surface area contributed by atoms with Crippen LogP contribution in [-0.2, 0) is 0 Å². The van der Waals surface area contributed by atoms with Crippen molar-refractivity contribution in [3.05, 3.63) is 190 Å². The first-order valence-electron chi connectivity index (χ1n) is 39.8. The van der Waals surface area contributed by atoms with Crippen molar-refractivity contribution >= 4 is 28.4 Å². The molecule has 8 aromatic heterocycles. The number of aliphatic imine (C=N–C) groups is 1. The Labute approximate surface area is 658 Å². The maximum atomic E-state index is 5.61. The Hall–Kier alpha value is -6.18. The molecule has 13 heteroatoms. The Kier molecular flexibility index (Phi) is 46.9. The van der Waals surface area contributed by atoms with Gasteiger partial charge >= 0.3 is 0 Å². The minimum Gasteiger partial charge on any atom is -0.466 e. The number of aromatic nitrogens is 7. The SMILES string of the molecule is C.CC(C)C1=CCC(C(C)C)=N1.CC(C)c1ccc(C(C)C)o1.CC(C)c1ccc(C(C)C)s1.CC(C)c1cccc(C(C)C)n1.CC(C)c1coc(C(C)C)n1.CC(C)c1csc(C(C)C)n1.CC(C)c1noc(C(C)C)n1.Cc1cc(C(C)C)nc(C(C)C)c1.Cc1cc(C)c(C(C)C)nc1C(C)C. The number of thiazole rings is 1. The third-order valence-electron chi connectivity index (χ3n) is 17.1. The molecule has 0 aliphatic carbocycles. The van der Waals surface area contributed by atoms with E-state index in [0.29, 0.717) is 107 Å². The quantitative estimate of drug-likeness (QED) is 0.0815. The van der Waals surface area contributed by atoms with E-state index < -0.39 is 0 Å². The lowest BCUT2D eigenvalue weighted by atomic mass is 9.98. The van der Waals surface area contributed by atoms with E-state index in [-0.39, 0.29) is 7.43 Å². The smallest absolute Gasteiger partial charge is 0.229 e. The van der Waals surface area contributed by atoms with Gasteiger partial charge in [0.15, 0.2) is 11.7 Å². The Balaban J connectivity index is 0.00000117. The first kappa shape index (κ1) is 99.8. The predicted octanol–water partition coefficient (Wildman–Crippen LogP) is 30.7. The summed E-state index contributed by atoms with van der Waals surface area (Å²) in [6.45, 7) is 84.3.